The van der Waals surface area contributed by atoms with E-state index in [4.69, 9.17) is 14.9 Å². The number of methoxy groups -OCH3 is 1. The summed E-state index contributed by atoms with van der Waals surface area (Å²) < 4.78 is 46.5. The van der Waals surface area contributed by atoms with Gasteiger partial charge in [0.2, 0.25) is 0 Å². The minimum absolute atomic E-state index is 0.0950. The summed E-state index contributed by atoms with van der Waals surface area (Å²) in [6.07, 6.45) is 1.21. The summed E-state index contributed by atoms with van der Waals surface area (Å²) in [5.74, 6) is -0.133. The summed E-state index contributed by atoms with van der Waals surface area (Å²) in [5.41, 5.74) is -0.105. The maximum absolute atomic E-state index is 13.9. The SMILES string of the molecule is CC[C@@H]1CCCN1Cc1sc(NC(=O)c2cnc(N3CCN(CCCC(O)O)CC3)cn2)nc1-c1ccc(OC)c(C(F)(F)F)c1. The predicted octanol–water partition coefficient (Wildman–Crippen LogP) is 4.47. The van der Waals surface area contributed by atoms with Crippen LogP contribution in [0.4, 0.5) is 24.1 Å². The van der Waals surface area contributed by atoms with E-state index in [9.17, 15) is 18.0 Å². The van der Waals surface area contributed by atoms with Gasteiger partial charge in [0.15, 0.2) is 11.4 Å². The first-order valence-electron chi connectivity index (χ1n) is 15.5. The fourth-order valence-corrected chi connectivity index (χ4v) is 7.03. The Morgan fingerprint density at radius 2 is 1.93 bits per heavy atom. The third kappa shape index (κ3) is 8.31. The van der Waals surface area contributed by atoms with E-state index in [2.05, 4.69) is 41.9 Å². The lowest BCUT2D eigenvalue weighted by Gasteiger charge is -2.35. The number of alkyl halides is 3. The maximum Gasteiger partial charge on any atom is 0.419 e. The van der Waals surface area contributed by atoms with Gasteiger partial charge in [-0.1, -0.05) is 18.3 Å². The van der Waals surface area contributed by atoms with Crippen LogP contribution in [0.5, 0.6) is 5.75 Å². The Kier molecular flexibility index (Phi) is 11.1. The van der Waals surface area contributed by atoms with E-state index < -0.39 is 23.9 Å². The molecule has 0 radical (unpaired) electrons. The highest BCUT2D eigenvalue weighted by Crippen LogP contribution is 2.41. The molecule has 1 amide bonds. The minimum atomic E-state index is -4.61. The van der Waals surface area contributed by atoms with Gasteiger partial charge in [-0.3, -0.25) is 19.9 Å². The van der Waals surface area contributed by atoms with Crippen LogP contribution in [-0.4, -0.2) is 99.6 Å². The number of piperazine rings is 1. The molecule has 2 saturated heterocycles. The van der Waals surface area contributed by atoms with E-state index in [1.807, 2.05) is 0 Å². The number of ether oxygens (including phenoxy) is 1. The molecule has 1 atom stereocenters. The summed E-state index contributed by atoms with van der Waals surface area (Å²) in [5, 5.41) is 21.1. The Balaban J connectivity index is 1.30. The van der Waals surface area contributed by atoms with Crippen LogP contribution in [0.1, 0.15) is 60.0 Å². The molecule has 0 spiro atoms. The van der Waals surface area contributed by atoms with Gasteiger partial charge < -0.3 is 19.8 Å². The van der Waals surface area contributed by atoms with Crippen molar-refractivity contribution in [1.82, 2.24) is 24.8 Å². The maximum atomic E-state index is 13.9. The monoisotopic (exact) mass is 663 g/mol. The summed E-state index contributed by atoms with van der Waals surface area (Å²) in [7, 11) is 1.20. The molecule has 5 rings (SSSR count). The number of aromatic nitrogens is 3. The Labute approximate surface area is 270 Å². The lowest BCUT2D eigenvalue weighted by Crippen LogP contribution is -2.47. The van der Waals surface area contributed by atoms with Crippen molar-refractivity contribution in [1.29, 1.82) is 0 Å². The van der Waals surface area contributed by atoms with Crippen molar-refractivity contribution < 1.29 is 32.9 Å². The Morgan fingerprint density at radius 1 is 1.15 bits per heavy atom. The van der Waals surface area contributed by atoms with Gasteiger partial charge in [0, 0.05) is 49.2 Å². The molecule has 46 heavy (non-hydrogen) atoms. The summed E-state index contributed by atoms with van der Waals surface area (Å²) in [6, 6.07) is 4.28. The number of hydrogen-bond donors (Lipinski definition) is 3. The molecule has 11 nitrogen and oxygen atoms in total. The lowest BCUT2D eigenvalue weighted by atomic mass is 10.1. The average molecular weight is 664 g/mol. The van der Waals surface area contributed by atoms with Crippen molar-refractivity contribution in [3.63, 3.8) is 0 Å². The van der Waals surface area contributed by atoms with Crippen molar-refractivity contribution in [2.75, 3.05) is 56.6 Å². The van der Waals surface area contributed by atoms with Crippen LogP contribution < -0.4 is 15.0 Å². The molecule has 0 bridgehead atoms. The molecule has 2 aromatic heterocycles. The third-order valence-corrected chi connectivity index (χ3v) is 9.47. The van der Waals surface area contributed by atoms with Gasteiger partial charge in [0.1, 0.15) is 17.3 Å². The smallest absolute Gasteiger partial charge is 0.419 e. The van der Waals surface area contributed by atoms with Gasteiger partial charge in [0.25, 0.3) is 5.91 Å². The van der Waals surface area contributed by atoms with E-state index in [0.717, 1.165) is 69.5 Å². The van der Waals surface area contributed by atoms with E-state index in [-0.39, 0.29) is 16.6 Å². The highest BCUT2D eigenvalue weighted by atomic mass is 32.1. The summed E-state index contributed by atoms with van der Waals surface area (Å²) in [6.45, 7) is 7.37. The van der Waals surface area contributed by atoms with Crippen molar-refractivity contribution in [3.05, 3.63) is 46.7 Å². The molecular weight excluding hydrogens is 623 g/mol. The third-order valence-electron chi connectivity index (χ3n) is 8.52. The highest BCUT2D eigenvalue weighted by molar-refractivity contribution is 7.16. The van der Waals surface area contributed by atoms with E-state index in [0.29, 0.717) is 42.5 Å². The van der Waals surface area contributed by atoms with Gasteiger partial charge in [-0.05, 0) is 63.4 Å². The zero-order valence-corrected chi connectivity index (χ0v) is 26.8. The highest BCUT2D eigenvalue weighted by Gasteiger charge is 2.35. The van der Waals surface area contributed by atoms with Crippen LogP contribution in [0.25, 0.3) is 11.3 Å². The molecule has 3 aromatic rings. The topological polar surface area (TPSA) is 127 Å². The van der Waals surface area contributed by atoms with Gasteiger partial charge in [-0.15, -0.1) is 0 Å². The number of aliphatic hydroxyl groups excluding tert-OH is 1. The van der Waals surface area contributed by atoms with E-state index >= 15 is 0 Å². The molecule has 1 aromatic carbocycles. The number of rotatable bonds is 12. The number of nitrogens with zero attached hydrogens (tertiary/aromatic N) is 6. The zero-order valence-electron chi connectivity index (χ0n) is 26.0. The first kappa shape index (κ1) is 34.0. The van der Waals surface area contributed by atoms with Gasteiger partial charge in [0.05, 0.1) is 30.8 Å². The van der Waals surface area contributed by atoms with Crippen LogP contribution in [0, 0.1) is 0 Å². The molecule has 250 valence electrons. The standard InChI is InChI=1S/C31H40F3N7O4S/c1-3-21-6-4-11-41(21)19-25-28(20-8-9-24(45-2)22(16-20)31(32,33)34)37-30(46-25)38-29(44)23-17-36-26(18-35-23)40-14-12-39(13-15-40)10-5-7-27(42)43/h8-9,16-18,21,27,42-43H,3-7,10-15,19H2,1-2H3,(H,37,38,44)/t21-/m1/s1. The van der Waals surface area contributed by atoms with E-state index in [1.54, 1.807) is 12.3 Å². The number of amides is 1. The van der Waals surface area contributed by atoms with Crippen LogP contribution in [0.2, 0.25) is 0 Å². The number of carbonyl (C=O) groups is 1. The Bertz CT molecular complexity index is 1460. The molecule has 2 aliphatic rings. The molecular formula is C31H40F3N7O4S. The number of carbonyl (C=O) groups excluding carboxylic acids is 1. The van der Waals surface area contributed by atoms with Crippen molar-refractivity contribution in [2.24, 2.45) is 0 Å². The number of hydrogen-bond acceptors (Lipinski definition) is 11. The first-order valence-corrected chi connectivity index (χ1v) is 16.3. The quantitative estimate of drug-likeness (QED) is 0.239. The number of halogens is 3. The van der Waals surface area contributed by atoms with Crippen molar-refractivity contribution >= 4 is 28.2 Å². The van der Waals surface area contributed by atoms with Crippen LogP contribution in [0.3, 0.4) is 0 Å². The fraction of sp³-hybridized carbons (Fsp3) is 0.548. The second-order valence-electron chi connectivity index (χ2n) is 11.5. The normalized spacial score (nSPS) is 18.0. The van der Waals surface area contributed by atoms with Crippen molar-refractivity contribution in [2.45, 2.75) is 64.1 Å². The second kappa shape index (κ2) is 15.0. The lowest BCUT2D eigenvalue weighted by molar-refractivity contribution is -0.138. The number of thiazole rings is 1. The largest absolute Gasteiger partial charge is 0.496 e. The van der Waals surface area contributed by atoms with Gasteiger partial charge in [-0.2, -0.15) is 13.2 Å². The predicted molar refractivity (Wildman–Crippen MR) is 169 cm³/mol. The van der Waals surface area contributed by atoms with Crippen LogP contribution in [-0.2, 0) is 12.7 Å². The molecule has 2 fully saturated rings. The summed E-state index contributed by atoms with van der Waals surface area (Å²) >= 11 is 1.25. The first-order chi connectivity index (χ1) is 22.0. The Hall–Kier alpha value is -3.37. The molecule has 0 unspecified atom stereocenters. The molecule has 3 N–H and O–H groups in total. The molecule has 0 aliphatic carbocycles. The van der Waals surface area contributed by atoms with Gasteiger partial charge >= 0.3 is 6.18 Å². The number of benzene rings is 1. The summed E-state index contributed by atoms with van der Waals surface area (Å²) in [4.78, 5) is 34.0. The van der Waals surface area contributed by atoms with Crippen LogP contribution >= 0.6 is 11.3 Å². The van der Waals surface area contributed by atoms with E-state index in [1.165, 1.54) is 30.7 Å². The molecule has 2 aliphatic heterocycles. The minimum Gasteiger partial charge on any atom is -0.496 e. The number of nitrogens with one attached hydrogen (secondary N) is 1. The number of anilines is 2. The van der Waals surface area contributed by atoms with Gasteiger partial charge in [-0.25, -0.2) is 15.0 Å². The zero-order chi connectivity index (χ0) is 32.8. The number of likely N-dealkylation sites (tertiary alicyclic amines) is 1. The Morgan fingerprint density at radius 3 is 2.59 bits per heavy atom. The molecule has 15 heteroatoms. The number of aliphatic hydroxyl groups is 2. The fourth-order valence-electron chi connectivity index (χ4n) is 6.03. The average Bonchev–Trinajstić information content (AvgIpc) is 3.67. The van der Waals surface area contributed by atoms with Crippen LogP contribution in [0.15, 0.2) is 30.6 Å². The molecule has 4 heterocycles. The van der Waals surface area contributed by atoms with Crippen molar-refractivity contribution in [3.8, 4) is 17.0 Å². The molecule has 0 saturated carbocycles. The second-order valence-corrected chi connectivity index (χ2v) is 12.6.